The molecule has 0 unspecified atom stereocenters. The second-order valence-corrected chi connectivity index (χ2v) is 4.46. The standard InChI is InChI=1S/C11H12Cl2N2O3/c1-6(11(17)18)14-5-10(16)15-9-4-7(12)2-3-8(9)13/h2-4,6,14H,5H2,1H3,(H,15,16)(H,17,18)/t6-/m0/s1. The minimum atomic E-state index is -1.02. The van der Waals surface area contributed by atoms with Gasteiger partial charge in [-0.15, -0.1) is 0 Å². The molecule has 0 spiro atoms. The number of benzene rings is 1. The van der Waals surface area contributed by atoms with E-state index in [4.69, 9.17) is 28.3 Å². The molecule has 0 aliphatic carbocycles. The normalized spacial score (nSPS) is 11.9. The second kappa shape index (κ2) is 6.58. The van der Waals surface area contributed by atoms with Gasteiger partial charge in [0, 0.05) is 5.02 Å². The van der Waals surface area contributed by atoms with Crippen molar-refractivity contribution in [2.75, 3.05) is 11.9 Å². The van der Waals surface area contributed by atoms with Crippen LogP contribution in [0.1, 0.15) is 6.92 Å². The molecule has 18 heavy (non-hydrogen) atoms. The fourth-order valence-electron chi connectivity index (χ4n) is 1.12. The maximum absolute atomic E-state index is 11.5. The minimum absolute atomic E-state index is 0.129. The molecule has 7 heteroatoms. The van der Waals surface area contributed by atoms with E-state index in [0.717, 1.165) is 0 Å². The third-order valence-corrected chi connectivity index (χ3v) is 2.71. The van der Waals surface area contributed by atoms with Crippen LogP contribution in [0, 0.1) is 0 Å². The van der Waals surface area contributed by atoms with Crippen molar-refractivity contribution in [3.63, 3.8) is 0 Å². The highest BCUT2D eigenvalue weighted by atomic mass is 35.5. The summed E-state index contributed by atoms with van der Waals surface area (Å²) in [5.74, 6) is -1.42. The molecule has 98 valence electrons. The summed E-state index contributed by atoms with van der Waals surface area (Å²) in [7, 11) is 0. The molecule has 1 aromatic rings. The molecule has 0 heterocycles. The smallest absolute Gasteiger partial charge is 0.320 e. The molecule has 0 radical (unpaired) electrons. The highest BCUT2D eigenvalue weighted by Gasteiger charge is 2.12. The van der Waals surface area contributed by atoms with Gasteiger partial charge in [-0.1, -0.05) is 23.2 Å². The number of hydrogen-bond acceptors (Lipinski definition) is 3. The van der Waals surface area contributed by atoms with Gasteiger partial charge in [0.05, 0.1) is 17.3 Å². The van der Waals surface area contributed by atoms with Gasteiger partial charge in [-0.2, -0.15) is 0 Å². The summed E-state index contributed by atoms with van der Waals surface area (Å²) in [6.07, 6.45) is 0. The van der Waals surface area contributed by atoms with Crippen molar-refractivity contribution in [1.82, 2.24) is 5.32 Å². The number of carboxylic acids is 1. The SMILES string of the molecule is C[C@H](NCC(=O)Nc1cc(Cl)ccc1Cl)C(=O)O. The van der Waals surface area contributed by atoms with E-state index in [1.165, 1.54) is 13.0 Å². The van der Waals surface area contributed by atoms with E-state index in [9.17, 15) is 9.59 Å². The topological polar surface area (TPSA) is 78.4 Å². The number of halogens is 2. The van der Waals surface area contributed by atoms with Crippen LogP contribution in [0.25, 0.3) is 0 Å². The van der Waals surface area contributed by atoms with Crippen LogP contribution in [0.3, 0.4) is 0 Å². The Morgan fingerprint density at radius 2 is 2.06 bits per heavy atom. The molecule has 0 bridgehead atoms. The van der Waals surface area contributed by atoms with Crippen LogP contribution in [-0.4, -0.2) is 29.6 Å². The first-order valence-corrected chi connectivity index (χ1v) is 5.87. The lowest BCUT2D eigenvalue weighted by Crippen LogP contribution is -2.39. The van der Waals surface area contributed by atoms with Gasteiger partial charge in [0.1, 0.15) is 6.04 Å². The molecular formula is C11H12Cl2N2O3. The fraction of sp³-hybridized carbons (Fsp3) is 0.273. The molecule has 0 aliphatic heterocycles. The number of nitrogens with one attached hydrogen (secondary N) is 2. The van der Waals surface area contributed by atoms with Crippen LogP contribution in [0.15, 0.2) is 18.2 Å². The van der Waals surface area contributed by atoms with Gasteiger partial charge >= 0.3 is 5.97 Å². The van der Waals surface area contributed by atoms with E-state index in [2.05, 4.69) is 10.6 Å². The Morgan fingerprint density at radius 1 is 1.39 bits per heavy atom. The van der Waals surface area contributed by atoms with Crippen LogP contribution in [0.2, 0.25) is 10.0 Å². The molecule has 1 aromatic carbocycles. The molecular weight excluding hydrogens is 279 g/mol. The van der Waals surface area contributed by atoms with E-state index in [-0.39, 0.29) is 6.54 Å². The van der Waals surface area contributed by atoms with Gasteiger partial charge in [-0.05, 0) is 25.1 Å². The van der Waals surface area contributed by atoms with E-state index in [1.807, 2.05) is 0 Å². The van der Waals surface area contributed by atoms with E-state index >= 15 is 0 Å². The molecule has 0 saturated heterocycles. The van der Waals surface area contributed by atoms with E-state index < -0.39 is 17.9 Å². The molecule has 1 amide bonds. The zero-order valence-electron chi connectivity index (χ0n) is 9.54. The number of hydrogen-bond donors (Lipinski definition) is 3. The van der Waals surface area contributed by atoms with Crippen LogP contribution in [0.4, 0.5) is 5.69 Å². The predicted molar refractivity (Wildman–Crippen MR) is 70.2 cm³/mol. The van der Waals surface area contributed by atoms with E-state index in [0.29, 0.717) is 15.7 Å². The van der Waals surface area contributed by atoms with Crippen molar-refractivity contribution in [1.29, 1.82) is 0 Å². The molecule has 5 nitrogen and oxygen atoms in total. The molecule has 0 aliphatic rings. The molecule has 1 rings (SSSR count). The number of carbonyl (C=O) groups is 2. The minimum Gasteiger partial charge on any atom is -0.480 e. The van der Waals surface area contributed by atoms with Gasteiger partial charge in [0.2, 0.25) is 5.91 Å². The first-order chi connectivity index (χ1) is 8.40. The summed E-state index contributed by atoms with van der Waals surface area (Å²) in [4.78, 5) is 22.1. The van der Waals surface area contributed by atoms with Crippen LogP contribution < -0.4 is 10.6 Å². The first kappa shape index (κ1) is 14.8. The number of carboxylic acid groups (broad SMARTS) is 1. The summed E-state index contributed by atoms with van der Waals surface area (Å²) >= 11 is 11.6. The zero-order chi connectivity index (χ0) is 13.7. The number of anilines is 1. The Balaban J connectivity index is 2.54. The number of rotatable bonds is 5. The van der Waals surface area contributed by atoms with Gasteiger partial charge in [0.15, 0.2) is 0 Å². The Kier molecular flexibility index (Phi) is 5.40. The Labute approximate surface area is 114 Å². The lowest BCUT2D eigenvalue weighted by Gasteiger charge is -2.10. The molecule has 0 fully saturated rings. The third-order valence-electron chi connectivity index (χ3n) is 2.14. The van der Waals surface area contributed by atoms with Gasteiger partial charge < -0.3 is 10.4 Å². The highest BCUT2D eigenvalue weighted by molar-refractivity contribution is 6.35. The second-order valence-electron chi connectivity index (χ2n) is 3.61. The Bertz CT molecular complexity index is 466. The third kappa shape index (κ3) is 4.52. The number of amides is 1. The average Bonchev–Trinajstić information content (AvgIpc) is 2.30. The van der Waals surface area contributed by atoms with Crippen molar-refractivity contribution in [3.8, 4) is 0 Å². The average molecular weight is 291 g/mol. The van der Waals surface area contributed by atoms with E-state index in [1.54, 1.807) is 12.1 Å². The lowest BCUT2D eigenvalue weighted by molar-refractivity contribution is -0.139. The Morgan fingerprint density at radius 3 is 2.67 bits per heavy atom. The highest BCUT2D eigenvalue weighted by Crippen LogP contribution is 2.25. The number of aliphatic carboxylic acids is 1. The summed E-state index contributed by atoms with van der Waals surface area (Å²) in [5.41, 5.74) is 0.388. The van der Waals surface area contributed by atoms with Crippen molar-refractivity contribution < 1.29 is 14.7 Å². The molecule has 1 atom stereocenters. The largest absolute Gasteiger partial charge is 0.480 e. The first-order valence-electron chi connectivity index (χ1n) is 5.11. The Hall–Kier alpha value is -1.30. The van der Waals surface area contributed by atoms with Crippen LogP contribution >= 0.6 is 23.2 Å². The summed E-state index contributed by atoms with van der Waals surface area (Å²) < 4.78 is 0. The predicted octanol–water partition coefficient (Wildman–Crippen LogP) is 1.99. The quantitative estimate of drug-likeness (QED) is 0.775. The lowest BCUT2D eigenvalue weighted by atomic mass is 10.3. The van der Waals surface area contributed by atoms with Gasteiger partial charge in [-0.25, -0.2) is 0 Å². The number of carbonyl (C=O) groups excluding carboxylic acids is 1. The zero-order valence-corrected chi connectivity index (χ0v) is 11.0. The van der Waals surface area contributed by atoms with Gasteiger partial charge in [0.25, 0.3) is 0 Å². The van der Waals surface area contributed by atoms with Crippen molar-refractivity contribution in [3.05, 3.63) is 28.2 Å². The maximum Gasteiger partial charge on any atom is 0.320 e. The van der Waals surface area contributed by atoms with Crippen molar-refractivity contribution in [2.45, 2.75) is 13.0 Å². The van der Waals surface area contributed by atoms with Gasteiger partial charge in [-0.3, -0.25) is 14.9 Å². The molecule has 0 aromatic heterocycles. The summed E-state index contributed by atoms with van der Waals surface area (Å²) in [6.45, 7) is 1.32. The summed E-state index contributed by atoms with van der Waals surface area (Å²) in [6, 6.07) is 3.88. The van der Waals surface area contributed by atoms with Crippen molar-refractivity contribution in [2.24, 2.45) is 0 Å². The van der Waals surface area contributed by atoms with Crippen molar-refractivity contribution >= 4 is 40.8 Å². The summed E-state index contributed by atoms with van der Waals surface area (Å²) in [5, 5.41) is 14.5. The molecule has 0 saturated carbocycles. The fourth-order valence-corrected chi connectivity index (χ4v) is 1.46. The maximum atomic E-state index is 11.5. The monoisotopic (exact) mass is 290 g/mol. The van der Waals surface area contributed by atoms with Crippen LogP contribution in [-0.2, 0) is 9.59 Å². The van der Waals surface area contributed by atoms with Crippen LogP contribution in [0.5, 0.6) is 0 Å². The molecule has 3 N–H and O–H groups in total.